The molecule has 0 fully saturated rings. The zero-order valence-electron chi connectivity index (χ0n) is 13.0. The van der Waals surface area contributed by atoms with E-state index in [1.165, 1.54) is 18.9 Å². The molecule has 20 heavy (non-hydrogen) atoms. The molecule has 0 aliphatic rings. The monoisotopic (exact) mass is 281 g/mol. The molecule has 0 aliphatic carbocycles. The standard InChI is InChI=1S/C17H28FNO/c1-4-6-7-8-13-20-17-15(10-9-11-16(17)18)14(3)19-12-5-2/h9-11,14,19H,4-8,12-13H2,1-3H3. The fraction of sp³-hybridized carbons (Fsp3) is 0.647. The van der Waals surface area contributed by atoms with Crippen molar-refractivity contribution in [2.75, 3.05) is 13.2 Å². The number of para-hydroxylation sites is 1. The lowest BCUT2D eigenvalue weighted by Gasteiger charge is -2.18. The number of halogens is 1. The molecule has 3 heteroatoms. The smallest absolute Gasteiger partial charge is 0.165 e. The van der Waals surface area contributed by atoms with Crippen LogP contribution >= 0.6 is 0 Å². The van der Waals surface area contributed by atoms with Crippen molar-refractivity contribution in [1.29, 1.82) is 0 Å². The van der Waals surface area contributed by atoms with Gasteiger partial charge in [0.05, 0.1) is 6.61 Å². The van der Waals surface area contributed by atoms with Crippen molar-refractivity contribution < 1.29 is 9.13 Å². The molecule has 0 aliphatic heterocycles. The van der Waals surface area contributed by atoms with Gasteiger partial charge in [-0.2, -0.15) is 0 Å². The Morgan fingerprint density at radius 2 is 1.95 bits per heavy atom. The Bertz CT molecular complexity index is 381. The molecule has 0 aromatic heterocycles. The first-order valence-electron chi connectivity index (χ1n) is 7.85. The van der Waals surface area contributed by atoms with E-state index in [0.717, 1.165) is 31.4 Å². The van der Waals surface area contributed by atoms with E-state index < -0.39 is 0 Å². The summed E-state index contributed by atoms with van der Waals surface area (Å²) in [6.07, 6.45) is 5.60. The van der Waals surface area contributed by atoms with E-state index >= 15 is 0 Å². The first-order chi connectivity index (χ1) is 9.70. The van der Waals surface area contributed by atoms with Gasteiger partial charge in [-0.05, 0) is 32.4 Å². The van der Waals surface area contributed by atoms with Gasteiger partial charge in [-0.25, -0.2) is 4.39 Å². The Kier molecular flexibility index (Phi) is 8.28. The quantitative estimate of drug-likeness (QED) is 0.619. The maximum absolute atomic E-state index is 14.0. The predicted molar refractivity (Wildman–Crippen MR) is 82.7 cm³/mol. The lowest BCUT2D eigenvalue weighted by Crippen LogP contribution is -2.20. The summed E-state index contributed by atoms with van der Waals surface area (Å²) in [6, 6.07) is 5.27. The number of rotatable bonds is 10. The topological polar surface area (TPSA) is 21.3 Å². The van der Waals surface area contributed by atoms with Gasteiger partial charge in [-0.1, -0.05) is 45.2 Å². The fourth-order valence-corrected chi connectivity index (χ4v) is 2.19. The van der Waals surface area contributed by atoms with Gasteiger partial charge in [0.25, 0.3) is 0 Å². The van der Waals surface area contributed by atoms with Crippen molar-refractivity contribution in [3.63, 3.8) is 0 Å². The summed E-state index contributed by atoms with van der Waals surface area (Å²) >= 11 is 0. The van der Waals surface area contributed by atoms with Crippen molar-refractivity contribution in [3.8, 4) is 5.75 Å². The first kappa shape index (κ1) is 17.0. The number of hydrogen-bond acceptors (Lipinski definition) is 2. The van der Waals surface area contributed by atoms with Crippen molar-refractivity contribution in [3.05, 3.63) is 29.6 Å². The van der Waals surface area contributed by atoms with Crippen LogP contribution in [0.3, 0.4) is 0 Å². The lowest BCUT2D eigenvalue weighted by molar-refractivity contribution is 0.284. The molecule has 1 atom stereocenters. The highest BCUT2D eigenvalue weighted by Crippen LogP contribution is 2.28. The van der Waals surface area contributed by atoms with E-state index in [1.54, 1.807) is 6.07 Å². The molecule has 2 nitrogen and oxygen atoms in total. The van der Waals surface area contributed by atoms with Gasteiger partial charge in [-0.15, -0.1) is 0 Å². The summed E-state index contributed by atoms with van der Waals surface area (Å²) in [7, 11) is 0. The van der Waals surface area contributed by atoms with Crippen LogP contribution in [0, 0.1) is 5.82 Å². The average molecular weight is 281 g/mol. The molecule has 114 valence electrons. The number of unbranched alkanes of at least 4 members (excludes halogenated alkanes) is 3. The number of nitrogens with one attached hydrogen (secondary N) is 1. The Morgan fingerprint density at radius 1 is 1.15 bits per heavy atom. The molecule has 1 aromatic carbocycles. The molecule has 0 saturated carbocycles. The highest BCUT2D eigenvalue weighted by molar-refractivity contribution is 5.37. The van der Waals surface area contributed by atoms with Gasteiger partial charge < -0.3 is 10.1 Å². The van der Waals surface area contributed by atoms with E-state index in [0.29, 0.717) is 12.4 Å². The number of hydrogen-bond donors (Lipinski definition) is 1. The predicted octanol–water partition coefficient (Wildman–Crippen LogP) is 4.85. The van der Waals surface area contributed by atoms with Crippen molar-refractivity contribution in [1.82, 2.24) is 5.32 Å². The zero-order valence-corrected chi connectivity index (χ0v) is 13.0. The second kappa shape index (κ2) is 9.76. The highest BCUT2D eigenvalue weighted by Gasteiger charge is 2.14. The maximum atomic E-state index is 14.0. The molecule has 1 N–H and O–H groups in total. The highest BCUT2D eigenvalue weighted by atomic mass is 19.1. The van der Waals surface area contributed by atoms with Crippen LogP contribution in [-0.4, -0.2) is 13.2 Å². The summed E-state index contributed by atoms with van der Waals surface area (Å²) in [5, 5.41) is 3.38. The Morgan fingerprint density at radius 3 is 2.65 bits per heavy atom. The van der Waals surface area contributed by atoms with Gasteiger partial charge >= 0.3 is 0 Å². The third-order valence-electron chi connectivity index (χ3n) is 3.41. The van der Waals surface area contributed by atoms with Gasteiger partial charge in [0.1, 0.15) is 0 Å². The minimum atomic E-state index is -0.261. The molecule has 1 unspecified atom stereocenters. The summed E-state index contributed by atoms with van der Waals surface area (Å²) in [4.78, 5) is 0. The van der Waals surface area contributed by atoms with E-state index in [1.807, 2.05) is 13.0 Å². The molecule has 0 spiro atoms. The molecular weight excluding hydrogens is 253 g/mol. The Balaban J connectivity index is 2.63. The van der Waals surface area contributed by atoms with E-state index in [9.17, 15) is 4.39 Å². The van der Waals surface area contributed by atoms with Crippen LogP contribution in [0.2, 0.25) is 0 Å². The molecule has 0 heterocycles. The second-order valence-electron chi connectivity index (χ2n) is 5.24. The Labute approximate surface area is 122 Å². The van der Waals surface area contributed by atoms with Gasteiger partial charge in [0.2, 0.25) is 0 Å². The Hall–Kier alpha value is -1.09. The third kappa shape index (κ3) is 5.49. The molecule has 1 aromatic rings. The molecule has 0 saturated heterocycles. The second-order valence-corrected chi connectivity index (χ2v) is 5.24. The van der Waals surface area contributed by atoms with Gasteiger partial charge in [-0.3, -0.25) is 0 Å². The molecule has 0 radical (unpaired) electrons. The van der Waals surface area contributed by atoms with Crippen molar-refractivity contribution >= 4 is 0 Å². The van der Waals surface area contributed by atoms with Crippen LogP contribution in [0.1, 0.15) is 64.5 Å². The van der Waals surface area contributed by atoms with E-state index in [2.05, 4.69) is 19.2 Å². The van der Waals surface area contributed by atoms with Crippen LogP contribution in [0.25, 0.3) is 0 Å². The molecule has 1 rings (SSSR count). The molecule has 0 bridgehead atoms. The van der Waals surface area contributed by atoms with Crippen LogP contribution in [-0.2, 0) is 0 Å². The van der Waals surface area contributed by atoms with Crippen molar-refractivity contribution in [2.45, 2.75) is 58.9 Å². The SMILES string of the molecule is CCCCCCOc1c(F)cccc1C(C)NCCC. The van der Waals surface area contributed by atoms with Crippen LogP contribution in [0.5, 0.6) is 5.75 Å². The van der Waals surface area contributed by atoms with E-state index in [4.69, 9.17) is 4.74 Å². The van der Waals surface area contributed by atoms with E-state index in [-0.39, 0.29) is 11.9 Å². The largest absolute Gasteiger partial charge is 0.490 e. The summed E-state index contributed by atoms with van der Waals surface area (Å²) in [5.74, 6) is 0.156. The molecular formula is C17H28FNO. The third-order valence-corrected chi connectivity index (χ3v) is 3.41. The lowest BCUT2D eigenvalue weighted by atomic mass is 10.1. The maximum Gasteiger partial charge on any atom is 0.165 e. The number of benzene rings is 1. The average Bonchev–Trinajstić information content (AvgIpc) is 2.45. The first-order valence-corrected chi connectivity index (χ1v) is 7.85. The summed E-state index contributed by atoms with van der Waals surface area (Å²) in [6.45, 7) is 7.86. The van der Waals surface area contributed by atoms with Crippen LogP contribution < -0.4 is 10.1 Å². The fourth-order valence-electron chi connectivity index (χ4n) is 2.19. The van der Waals surface area contributed by atoms with Crippen LogP contribution in [0.15, 0.2) is 18.2 Å². The normalized spacial score (nSPS) is 12.4. The molecule has 0 amide bonds. The van der Waals surface area contributed by atoms with Crippen molar-refractivity contribution in [2.24, 2.45) is 0 Å². The van der Waals surface area contributed by atoms with Gasteiger partial charge in [0.15, 0.2) is 11.6 Å². The summed E-state index contributed by atoms with van der Waals surface area (Å²) in [5.41, 5.74) is 0.911. The minimum Gasteiger partial charge on any atom is -0.490 e. The minimum absolute atomic E-state index is 0.108. The zero-order chi connectivity index (χ0) is 14.8. The summed E-state index contributed by atoms with van der Waals surface area (Å²) < 4.78 is 19.7. The van der Waals surface area contributed by atoms with Gasteiger partial charge in [0, 0.05) is 11.6 Å². The van der Waals surface area contributed by atoms with Crippen LogP contribution in [0.4, 0.5) is 4.39 Å². The number of ether oxygens (including phenoxy) is 1.